The number of aryl methyl sites for hydroxylation is 1. The molecule has 1 saturated heterocycles. The van der Waals surface area contributed by atoms with Gasteiger partial charge in [-0.25, -0.2) is 15.0 Å². The Morgan fingerprint density at radius 2 is 2.06 bits per heavy atom. The first-order valence-corrected chi connectivity index (χ1v) is 10.7. The van der Waals surface area contributed by atoms with Crippen molar-refractivity contribution < 1.29 is 4.79 Å². The van der Waals surface area contributed by atoms with Crippen molar-refractivity contribution in [3.05, 3.63) is 71.1 Å². The zero-order chi connectivity index (χ0) is 21.2. The van der Waals surface area contributed by atoms with Crippen molar-refractivity contribution in [2.45, 2.75) is 31.8 Å². The van der Waals surface area contributed by atoms with Crippen molar-refractivity contribution in [3.8, 4) is 0 Å². The molecular formula is C22H25N7O2. The molecule has 2 atom stereocenters. The van der Waals surface area contributed by atoms with Gasteiger partial charge in [0.2, 0.25) is 0 Å². The fraction of sp³-hybridized carbons (Fsp3) is 0.409. The van der Waals surface area contributed by atoms with Crippen LogP contribution in [-0.2, 0) is 13.1 Å². The number of nitrogens with zero attached hydrogens (tertiary/aromatic N) is 6. The molecule has 0 aliphatic carbocycles. The maximum Gasteiger partial charge on any atom is 0.263 e. The zero-order valence-corrected chi connectivity index (χ0v) is 17.2. The molecule has 2 aliphatic heterocycles. The van der Waals surface area contributed by atoms with E-state index >= 15 is 0 Å². The van der Waals surface area contributed by atoms with Crippen molar-refractivity contribution in [3.63, 3.8) is 0 Å². The monoisotopic (exact) mass is 419 g/mol. The first-order chi connectivity index (χ1) is 15.2. The number of carbonyl (C=O) groups excluding carboxylic acids is 1. The quantitative estimate of drug-likeness (QED) is 0.605. The van der Waals surface area contributed by atoms with Crippen LogP contribution in [0.25, 0.3) is 0 Å². The van der Waals surface area contributed by atoms with Crippen LogP contribution in [0.1, 0.15) is 34.8 Å². The Hall–Kier alpha value is -3.49. The second-order valence-electron chi connectivity index (χ2n) is 8.27. The number of carbonyl (C=O) groups is 1. The number of hydrogen-bond donors (Lipinski definition) is 1. The van der Waals surface area contributed by atoms with Crippen LogP contribution < -0.4 is 15.8 Å². The third kappa shape index (κ3) is 3.95. The van der Waals surface area contributed by atoms with Gasteiger partial charge in [-0.2, -0.15) is 0 Å². The van der Waals surface area contributed by atoms with E-state index in [1.807, 2.05) is 27.5 Å². The first kappa shape index (κ1) is 19.5. The Balaban J connectivity index is 1.28. The van der Waals surface area contributed by atoms with Crippen LogP contribution in [-0.4, -0.2) is 49.6 Å². The predicted octanol–water partition coefficient (Wildman–Crippen LogP) is 1.28. The molecule has 0 unspecified atom stereocenters. The summed E-state index contributed by atoms with van der Waals surface area (Å²) in [4.78, 5) is 40.4. The third-order valence-electron chi connectivity index (χ3n) is 6.18. The molecular weight excluding hydrogens is 394 g/mol. The number of pyridine rings is 1. The van der Waals surface area contributed by atoms with Gasteiger partial charge in [-0.1, -0.05) is 0 Å². The van der Waals surface area contributed by atoms with E-state index in [2.05, 4.69) is 25.2 Å². The second-order valence-corrected chi connectivity index (χ2v) is 8.27. The lowest BCUT2D eigenvalue weighted by molar-refractivity contribution is 0.0950. The number of amides is 1. The van der Waals surface area contributed by atoms with Gasteiger partial charge in [0.25, 0.3) is 11.5 Å². The van der Waals surface area contributed by atoms with Gasteiger partial charge in [0.15, 0.2) is 0 Å². The van der Waals surface area contributed by atoms with Gasteiger partial charge in [0, 0.05) is 62.9 Å². The topological polar surface area (TPSA) is 97.9 Å². The van der Waals surface area contributed by atoms with E-state index in [1.165, 1.54) is 0 Å². The molecule has 1 fully saturated rings. The van der Waals surface area contributed by atoms with Crippen molar-refractivity contribution >= 4 is 11.7 Å². The fourth-order valence-electron chi connectivity index (χ4n) is 4.75. The number of nitrogens with one attached hydrogen (secondary N) is 1. The van der Waals surface area contributed by atoms with Gasteiger partial charge in [0.05, 0.1) is 6.33 Å². The lowest BCUT2D eigenvalue weighted by Gasteiger charge is -2.43. The van der Waals surface area contributed by atoms with Gasteiger partial charge in [0.1, 0.15) is 17.7 Å². The van der Waals surface area contributed by atoms with Gasteiger partial charge in [-0.15, -0.1) is 0 Å². The summed E-state index contributed by atoms with van der Waals surface area (Å²) in [5, 5.41) is 2.88. The van der Waals surface area contributed by atoms with Gasteiger partial charge in [-0.3, -0.25) is 9.59 Å². The molecule has 160 valence electrons. The SMILES string of the molecule is O=C(NCCCn1ccnc1)c1ccc2n(c1=O)C[C@H]1C[C@@H]2CN(c2ccncn2)C1. The van der Waals surface area contributed by atoms with Crippen LogP contribution in [0.5, 0.6) is 0 Å². The molecule has 9 heteroatoms. The fourth-order valence-corrected chi connectivity index (χ4v) is 4.75. The summed E-state index contributed by atoms with van der Waals surface area (Å²) >= 11 is 0. The van der Waals surface area contributed by atoms with E-state index < -0.39 is 0 Å². The first-order valence-electron chi connectivity index (χ1n) is 10.7. The maximum absolute atomic E-state index is 13.1. The lowest BCUT2D eigenvalue weighted by Crippen LogP contribution is -2.48. The minimum atomic E-state index is -0.302. The summed E-state index contributed by atoms with van der Waals surface area (Å²) in [6.45, 7) is 3.58. The molecule has 0 spiro atoms. The van der Waals surface area contributed by atoms with Crippen LogP contribution in [0, 0.1) is 5.92 Å². The van der Waals surface area contributed by atoms with E-state index in [-0.39, 0.29) is 22.9 Å². The van der Waals surface area contributed by atoms with Crippen molar-refractivity contribution in [2.75, 3.05) is 24.5 Å². The van der Waals surface area contributed by atoms with Crippen LogP contribution in [0.15, 0.2) is 54.2 Å². The van der Waals surface area contributed by atoms with Crippen molar-refractivity contribution in [1.29, 1.82) is 0 Å². The van der Waals surface area contributed by atoms with Crippen LogP contribution in [0.3, 0.4) is 0 Å². The van der Waals surface area contributed by atoms with Gasteiger partial charge < -0.3 is 19.4 Å². The molecule has 3 aromatic rings. The largest absolute Gasteiger partial charge is 0.356 e. The van der Waals surface area contributed by atoms with Crippen molar-refractivity contribution in [1.82, 2.24) is 29.4 Å². The summed E-state index contributed by atoms with van der Waals surface area (Å²) in [6.07, 6.45) is 10.5. The zero-order valence-electron chi connectivity index (χ0n) is 17.2. The summed E-state index contributed by atoms with van der Waals surface area (Å²) in [5.41, 5.74) is 1.05. The minimum Gasteiger partial charge on any atom is -0.356 e. The van der Waals surface area contributed by atoms with Crippen LogP contribution >= 0.6 is 0 Å². The van der Waals surface area contributed by atoms with Gasteiger partial charge >= 0.3 is 0 Å². The standard InChI is InChI=1S/C22H25N7O2/c30-21(25-5-1-8-27-9-7-24-15-27)18-2-3-19-17-10-16(12-29(19)22(18)31)11-28(13-17)20-4-6-23-14-26-20/h2-4,6-7,9,14-17H,1,5,8,10-13H2,(H,25,30)/t16-,17+/m0/s1. The molecule has 0 saturated carbocycles. The minimum absolute atomic E-state index is 0.185. The highest BCUT2D eigenvalue weighted by Crippen LogP contribution is 2.36. The number of rotatable bonds is 6. The molecule has 2 bridgehead atoms. The summed E-state index contributed by atoms with van der Waals surface area (Å²) in [5.74, 6) is 1.23. The maximum atomic E-state index is 13.1. The number of fused-ring (bicyclic) bond motifs is 4. The third-order valence-corrected chi connectivity index (χ3v) is 6.18. The molecule has 1 N–H and O–H groups in total. The van der Waals surface area contributed by atoms with Crippen LogP contribution in [0.2, 0.25) is 0 Å². The molecule has 5 heterocycles. The number of piperidine rings is 1. The van der Waals surface area contributed by atoms with E-state index in [4.69, 9.17) is 0 Å². The average molecular weight is 419 g/mol. The number of anilines is 1. The average Bonchev–Trinajstić information content (AvgIpc) is 3.31. The molecule has 5 rings (SSSR count). The molecule has 0 radical (unpaired) electrons. The van der Waals surface area contributed by atoms with Crippen LogP contribution in [0.4, 0.5) is 5.82 Å². The normalized spacial score (nSPS) is 19.7. The Bertz CT molecular complexity index is 1110. The predicted molar refractivity (Wildman–Crippen MR) is 115 cm³/mol. The number of hydrogen-bond acceptors (Lipinski definition) is 6. The molecule has 1 amide bonds. The number of imidazole rings is 1. The highest BCUT2D eigenvalue weighted by Gasteiger charge is 2.35. The number of aromatic nitrogens is 5. The van der Waals surface area contributed by atoms with E-state index in [9.17, 15) is 9.59 Å². The van der Waals surface area contributed by atoms with Crippen molar-refractivity contribution in [2.24, 2.45) is 5.92 Å². The smallest absolute Gasteiger partial charge is 0.263 e. The van der Waals surface area contributed by atoms with E-state index in [0.29, 0.717) is 19.0 Å². The Morgan fingerprint density at radius 1 is 1.13 bits per heavy atom. The highest BCUT2D eigenvalue weighted by molar-refractivity contribution is 5.93. The Kier molecular flexibility index (Phi) is 5.23. The summed E-state index contributed by atoms with van der Waals surface area (Å²) < 4.78 is 3.78. The summed E-state index contributed by atoms with van der Waals surface area (Å²) in [6, 6.07) is 5.56. The molecule has 0 aromatic carbocycles. The molecule has 2 aliphatic rings. The van der Waals surface area contributed by atoms with E-state index in [0.717, 1.165) is 44.0 Å². The summed E-state index contributed by atoms with van der Waals surface area (Å²) in [7, 11) is 0. The Morgan fingerprint density at radius 3 is 2.87 bits per heavy atom. The molecule has 3 aromatic heterocycles. The van der Waals surface area contributed by atoms with E-state index in [1.54, 1.807) is 31.1 Å². The second kappa shape index (κ2) is 8.33. The Labute approximate surface area is 179 Å². The lowest BCUT2D eigenvalue weighted by atomic mass is 9.83. The highest BCUT2D eigenvalue weighted by atomic mass is 16.2. The van der Waals surface area contributed by atoms with Gasteiger partial charge in [-0.05, 0) is 37.0 Å². The molecule has 31 heavy (non-hydrogen) atoms. The molecule has 9 nitrogen and oxygen atoms in total.